The summed E-state index contributed by atoms with van der Waals surface area (Å²) in [5.41, 5.74) is 11.4. The maximum absolute atomic E-state index is 9.50. The van der Waals surface area contributed by atoms with Gasteiger partial charge < -0.3 is 21.3 Å². The molecule has 0 spiro atoms. The number of nitrogens with zero attached hydrogens (tertiary/aromatic N) is 1. The first-order chi connectivity index (χ1) is 10.0. The van der Waals surface area contributed by atoms with Gasteiger partial charge in [0.2, 0.25) is 0 Å². The fourth-order valence-corrected chi connectivity index (χ4v) is 2.98. The number of benzene rings is 1. The second kappa shape index (κ2) is 5.50. The Bertz CT molecular complexity index is 787. The summed E-state index contributed by atoms with van der Waals surface area (Å²) in [7, 11) is 0. The fourth-order valence-electron chi connectivity index (χ4n) is 1.90. The van der Waals surface area contributed by atoms with Crippen LogP contribution in [0.25, 0.3) is 10.1 Å². The minimum atomic E-state index is -1.05. The van der Waals surface area contributed by atoms with Crippen LogP contribution in [-0.4, -0.2) is 10.1 Å². The zero-order valence-corrected chi connectivity index (χ0v) is 12.4. The molecule has 1 atom stereocenters. The third kappa shape index (κ3) is 2.79. The molecule has 108 valence electrons. The number of ether oxygens (including phenoxy) is 1. The lowest BCUT2D eigenvalue weighted by Crippen LogP contribution is -2.05. The molecule has 1 aromatic carbocycles. The Balaban J connectivity index is 2.05. The van der Waals surface area contributed by atoms with Crippen molar-refractivity contribution in [2.45, 2.75) is 6.23 Å². The number of pyridine rings is 1. The van der Waals surface area contributed by atoms with Gasteiger partial charge in [0.05, 0.1) is 10.9 Å². The molecule has 0 fully saturated rings. The minimum absolute atomic E-state index is 0.380. The van der Waals surface area contributed by atoms with E-state index in [1.165, 1.54) is 11.3 Å². The molecule has 0 aliphatic carbocycles. The van der Waals surface area contributed by atoms with Crippen molar-refractivity contribution in [3.63, 3.8) is 0 Å². The zero-order chi connectivity index (χ0) is 15.0. The van der Waals surface area contributed by atoms with E-state index in [9.17, 15) is 5.11 Å². The normalized spacial score (nSPS) is 12.5. The van der Waals surface area contributed by atoms with Crippen molar-refractivity contribution < 1.29 is 9.84 Å². The Labute approximate surface area is 129 Å². The predicted molar refractivity (Wildman–Crippen MR) is 84.7 cm³/mol. The molecule has 0 amide bonds. The molecule has 5 nitrogen and oxygen atoms in total. The topological polar surface area (TPSA) is 94.4 Å². The van der Waals surface area contributed by atoms with Crippen LogP contribution >= 0.6 is 22.9 Å². The van der Waals surface area contributed by atoms with Gasteiger partial charge in [-0.3, -0.25) is 0 Å². The summed E-state index contributed by atoms with van der Waals surface area (Å²) >= 11 is 7.14. The first-order valence-corrected chi connectivity index (χ1v) is 7.29. The van der Waals surface area contributed by atoms with Gasteiger partial charge in [0.1, 0.15) is 17.8 Å². The maximum atomic E-state index is 9.50. The number of rotatable bonds is 3. The highest BCUT2D eigenvalue weighted by molar-refractivity contribution is 7.19. The van der Waals surface area contributed by atoms with Crippen molar-refractivity contribution in [3.8, 4) is 11.5 Å². The van der Waals surface area contributed by atoms with E-state index in [0.717, 1.165) is 10.1 Å². The Morgan fingerprint density at radius 1 is 1.29 bits per heavy atom. The summed E-state index contributed by atoms with van der Waals surface area (Å²) < 4.78 is 6.54. The molecular formula is C14H12ClN3O2S. The monoisotopic (exact) mass is 321 g/mol. The quantitative estimate of drug-likeness (QED) is 0.644. The van der Waals surface area contributed by atoms with Crippen LogP contribution < -0.4 is 16.2 Å². The number of thiophene rings is 1. The Morgan fingerprint density at radius 2 is 2.00 bits per heavy atom. The Morgan fingerprint density at radius 3 is 2.67 bits per heavy atom. The first kappa shape index (κ1) is 14.1. The molecule has 1 unspecified atom stereocenters. The van der Waals surface area contributed by atoms with Gasteiger partial charge in [-0.1, -0.05) is 11.6 Å². The van der Waals surface area contributed by atoms with Gasteiger partial charge >= 0.3 is 0 Å². The van der Waals surface area contributed by atoms with Gasteiger partial charge in [0.25, 0.3) is 0 Å². The molecule has 0 aliphatic rings. The highest BCUT2D eigenvalue weighted by atomic mass is 35.5. The smallest absolute Gasteiger partial charge is 0.154 e. The first-order valence-electron chi connectivity index (χ1n) is 6.09. The SMILES string of the molecule is Nc1ncc(Oc2ccc(Cl)cc2)c2cc(C(N)O)sc12. The van der Waals surface area contributed by atoms with Gasteiger partial charge in [-0.25, -0.2) is 4.98 Å². The van der Waals surface area contributed by atoms with Crippen LogP contribution in [0.5, 0.6) is 11.5 Å². The Hall–Kier alpha value is -1.86. The summed E-state index contributed by atoms with van der Waals surface area (Å²) in [6.45, 7) is 0. The molecule has 5 N–H and O–H groups in total. The highest BCUT2D eigenvalue weighted by Crippen LogP contribution is 2.38. The van der Waals surface area contributed by atoms with E-state index in [1.807, 2.05) is 0 Å². The standard InChI is InChI=1S/C14H12ClN3O2S/c15-7-1-3-8(4-2-7)20-10-6-18-13(16)12-9(10)5-11(21-12)14(17)19/h1-6,14,19H,17H2,(H2,16,18). The summed E-state index contributed by atoms with van der Waals surface area (Å²) in [5.74, 6) is 1.56. The molecule has 0 saturated heterocycles. The van der Waals surface area contributed by atoms with E-state index in [2.05, 4.69) is 4.98 Å². The van der Waals surface area contributed by atoms with E-state index in [0.29, 0.717) is 27.2 Å². The Kier molecular flexibility index (Phi) is 3.69. The molecule has 7 heteroatoms. The number of hydrogen-bond acceptors (Lipinski definition) is 6. The molecule has 3 rings (SSSR count). The molecule has 0 radical (unpaired) electrons. The van der Waals surface area contributed by atoms with Gasteiger partial charge in [-0.2, -0.15) is 0 Å². The van der Waals surface area contributed by atoms with Gasteiger partial charge in [-0.15, -0.1) is 11.3 Å². The second-order valence-electron chi connectivity index (χ2n) is 4.40. The largest absolute Gasteiger partial charge is 0.455 e. The van der Waals surface area contributed by atoms with Crippen molar-refractivity contribution in [2.24, 2.45) is 5.73 Å². The summed E-state index contributed by atoms with van der Waals surface area (Å²) in [6, 6.07) is 8.75. The zero-order valence-electron chi connectivity index (χ0n) is 10.8. The van der Waals surface area contributed by atoms with Crippen LogP contribution in [0.4, 0.5) is 5.82 Å². The van der Waals surface area contributed by atoms with Crippen molar-refractivity contribution in [2.75, 3.05) is 5.73 Å². The number of nitrogens with two attached hydrogens (primary N) is 2. The number of halogens is 1. The highest BCUT2D eigenvalue weighted by Gasteiger charge is 2.14. The van der Waals surface area contributed by atoms with E-state index >= 15 is 0 Å². The van der Waals surface area contributed by atoms with Crippen LogP contribution in [-0.2, 0) is 0 Å². The number of nitrogen functional groups attached to an aromatic ring is 1. The van der Waals surface area contributed by atoms with Crippen molar-refractivity contribution in [1.82, 2.24) is 4.98 Å². The molecular weight excluding hydrogens is 310 g/mol. The van der Waals surface area contributed by atoms with Crippen molar-refractivity contribution in [3.05, 3.63) is 46.4 Å². The van der Waals surface area contributed by atoms with Crippen LogP contribution in [0, 0.1) is 0 Å². The predicted octanol–water partition coefficient (Wildman–Crippen LogP) is 3.27. The number of aliphatic hydroxyl groups excluding tert-OH is 1. The fraction of sp³-hybridized carbons (Fsp3) is 0.0714. The van der Waals surface area contributed by atoms with E-state index in [-0.39, 0.29) is 0 Å². The molecule has 0 aliphatic heterocycles. The number of aromatic nitrogens is 1. The van der Waals surface area contributed by atoms with Crippen LogP contribution in [0.15, 0.2) is 36.5 Å². The van der Waals surface area contributed by atoms with Crippen LogP contribution in [0.1, 0.15) is 11.1 Å². The van der Waals surface area contributed by atoms with Crippen molar-refractivity contribution >= 4 is 38.8 Å². The second-order valence-corrected chi connectivity index (χ2v) is 5.92. The lowest BCUT2D eigenvalue weighted by atomic mass is 10.2. The lowest BCUT2D eigenvalue weighted by Gasteiger charge is -2.07. The lowest BCUT2D eigenvalue weighted by molar-refractivity contribution is 0.190. The molecule has 0 bridgehead atoms. The van der Waals surface area contributed by atoms with E-state index < -0.39 is 6.23 Å². The average Bonchev–Trinajstić information content (AvgIpc) is 2.91. The molecule has 21 heavy (non-hydrogen) atoms. The van der Waals surface area contributed by atoms with E-state index in [4.69, 9.17) is 27.8 Å². The minimum Gasteiger partial charge on any atom is -0.455 e. The van der Waals surface area contributed by atoms with Gasteiger partial charge in [0, 0.05) is 15.3 Å². The van der Waals surface area contributed by atoms with Crippen LogP contribution in [0.3, 0.4) is 0 Å². The van der Waals surface area contributed by atoms with Crippen molar-refractivity contribution in [1.29, 1.82) is 0 Å². The maximum Gasteiger partial charge on any atom is 0.154 e. The van der Waals surface area contributed by atoms with Gasteiger partial charge in [-0.05, 0) is 30.3 Å². The molecule has 2 heterocycles. The number of aliphatic hydroxyl groups is 1. The third-order valence-electron chi connectivity index (χ3n) is 2.90. The third-order valence-corrected chi connectivity index (χ3v) is 4.38. The number of fused-ring (bicyclic) bond motifs is 1. The van der Waals surface area contributed by atoms with Gasteiger partial charge in [0.15, 0.2) is 5.75 Å². The number of anilines is 1. The summed E-state index contributed by atoms with van der Waals surface area (Å²) in [4.78, 5) is 4.71. The van der Waals surface area contributed by atoms with E-state index in [1.54, 1.807) is 36.5 Å². The summed E-state index contributed by atoms with van der Waals surface area (Å²) in [6.07, 6.45) is 0.497. The number of hydrogen-bond donors (Lipinski definition) is 3. The molecule has 0 saturated carbocycles. The molecule has 3 aromatic rings. The average molecular weight is 322 g/mol. The van der Waals surface area contributed by atoms with Crippen LogP contribution in [0.2, 0.25) is 5.02 Å². The summed E-state index contributed by atoms with van der Waals surface area (Å²) in [5, 5.41) is 10.9. The molecule has 2 aromatic heterocycles.